The third kappa shape index (κ3) is 2.66. The van der Waals surface area contributed by atoms with E-state index in [9.17, 15) is 14.7 Å². The summed E-state index contributed by atoms with van der Waals surface area (Å²) in [5, 5.41) is 13.8. The number of nitrogens with zero attached hydrogens (tertiary/aromatic N) is 3. The lowest BCUT2D eigenvalue weighted by atomic mass is 9.81. The van der Waals surface area contributed by atoms with Crippen LogP contribution in [0.2, 0.25) is 0 Å². The fourth-order valence-electron chi connectivity index (χ4n) is 3.31. The van der Waals surface area contributed by atoms with Gasteiger partial charge in [0.15, 0.2) is 0 Å². The van der Waals surface area contributed by atoms with Gasteiger partial charge in [0.05, 0.1) is 11.6 Å². The predicted octanol–water partition coefficient (Wildman–Crippen LogP) is 1.49. The van der Waals surface area contributed by atoms with Gasteiger partial charge in [-0.15, -0.1) is 0 Å². The number of aryl methyl sites for hydroxylation is 2. The third-order valence-electron chi connectivity index (χ3n) is 4.71. The van der Waals surface area contributed by atoms with Crippen molar-refractivity contribution in [1.82, 2.24) is 14.7 Å². The SMILES string of the molecule is Cc1nn(C)c(C)c1CN1C(=O)CC(C)C(C(=O)O)C1C. The minimum Gasteiger partial charge on any atom is -0.481 e. The highest BCUT2D eigenvalue weighted by atomic mass is 16.4. The second kappa shape index (κ2) is 5.50. The summed E-state index contributed by atoms with van der Waals surface area (Å²) in [5.41, 5.74) is 2.91. The van der Waals surface area contributed by atoms with Crippen LogP contribution in [-0.4, -0.2) is 37.7 Å². The predicted molar refractivity (Wildman–Crippen MR) is 77.6 cm³/mol. The first-order chi connectivity index (χ1) is 9.73. The number of amides is 1. The van der Waals surface area contributed by atoms with Gasteiger partial charge in [0.1, 0.15) is 0 Å². The summed E-state index contributed by atoms with van der Waals surface area (Å²) in [6, 6.07) is -0.308. The Morgan fingerprint density at radius 3 is 2.48 bits per heavy atom. The lowest BCUT2D eigenvalue weighted by Crippen LogP contribution is -2.52. The molecule has 6 heteroatoms. The van der Waals surface area contributed by atoms with Crippen molar-refractivity contribution in [1.29, 1.82) is 0 Å². The lowest BCUT2D eigenvalue weighted by molar-refractivity contribution is -0.155. The first-order valence-corrected chi connectivity index (χ1v) is 7.25. The van der Waals surface area contributed by atoms with E-state index in [2.05, 4.69) is 5.10 Å². The molecule has 3 unspecified atom stereocenters. The number of rotatable bonds is 3. The Hall–Kier alpha value is -1.85. The molecule has 1 amide bonds. The Morgan fingerprint density at radius 1 is 1.38 bits per heavy atom. The number of carboxylic acid groups (broad SMARTS) is 1. The molecular formula is C15H23N3O3. The van der Waals surface area contributed by atoms with Gasteiger partial charge in [-0.1, -0.05) is 6.92 Å². The molecule has 116 valence electrons. The minimum absolute atomic E-state index is 0.0233. The molecule has 1 fully saturated rings. The summed E-state index contributed by atoms with van der Waals surface area (Å²) < 4.78 is 1.79. The standard InChI is InChI=1S/C15H23N3O3/c1-8-6-13(19)18(11(4)14(8)15(20)21)7-12-9(2)16-17(5)10(12)3/h8,11,14H,6-7H2,1-5H3,(H,20,21). The maximum atomic E-state index is 12.3. The molecule has 0 spiro atoms. The van der Waals surface area contributed by atoms with Crippen LogP contribution < -0.4 is 0 Å². The van der Waals surface area contributed by atoms with Gasteiger partial charge in [-0.05, 0) is 26.7 Å². The van der Waals surface area contributed by atoms with Gasteiger partial charge in [0.2, 0.25) is 5.91 Å². The Balaban J connectivity index is 2.29. The summed E-state index contributed by atoms with van der Waals surface area (Å²) >= 11 is 0. The zero-order valence-corrected chi connectivity index (χ0v) is 13.3. The van der Waals surface area contributed by atoms with Gasteiger partial charge in [-0.2, -0.15) is 5.10 Å². The quantitative estimate of drug-likeness (QED) is 0.916. The van der Waals surface area contributed by atoms with Crippen LogP contribution in [-0.2, 0) is 23.2 Å². The summed E-state index contributed by atoms with van der Waals surface area (Å²) in [6.07, 6.45) is 0.291. The third-order valence-corrected chi connectivity index (χ3v) is 4.71. The highest BCUT2D eigenvalue weighted by Gasteiger charge is 2.41. The molecule has 1 aliphatic heterocycles. The van der Waals surface area contributed by atoms with E-state index in [1.54, 1.807) is 9.58 Å². The number of hydrogen-bond donors (Lipinski definition) is 1. The molecule has 0 saturated carbocycles. The number of carbonyl (C=O) groups excluding carboxylic acids is 1. The number of aromatic nitrogens is 2. The molecule has 6 nitrogen and oxygen atoms in total. The zero-order valence-electron chi connectivity index (χ0n) is 13.3. The fraction of sp³-hybridized carbons (Fsp3) is 0.667. The molecule has 0 aromatic carbocycles. The van der Waals surface area contributed by atoms with Crippen LogP contribution in [0, 0.1) is 25.7 Å². The van der Waals surface area contributed by atoms with Gasteiger partial charge in [-0.25, -0.2) is 0 Å². The molecular weight excluding hydrogens is 270 g/mol. The van der Waals surface area contributed by atoms with Gasteiger partial charge in [-0.3, -0.25) is 14.3 Å². The van der Waals surface area contributed by atoms with E-state index in [0.29, 0.717) is 13.0 Å². The lowest BCUT2D eigenvalue weighted by Gasteiger charge is -2.40. The molecule has 1 saturated heterocycles. The van der Waals surface area contributed by atoms with E-state index in [1.807, 2.05) is 34.7 Å². The average molecular weight is 293 g/mol. The molecule has 21 heavy (non-hydrogen) atoms. The van der Waals surface area contributed by atoms with Crippen molar-refractivity contribution >= 4 is 11.9 Å². The zero-order chi connectivity index (χ0) is 15.9. The van der Waals surface area contributed by atoms with Crippen LogP contribution >= 0.6 is 0 Å². The second-order valence-electron chi connectivity index (χ2n) is 6.08. The molecule has 1 N–H and O–H groups in total. The van der Waals surface area contributed by atoms with E-state index in [1.165, 1.54) is 0 Å². The summed E-state index contributed by atoms with van der Waals surface area (Å²) in [5.74, 6) is -1.44. The topological polar surface area (TPSA) is 75.4 Å². The first kappa shape index (κ1) is 15.5. The number of piperidine rings is 1. The monoisotopic (exact) mass is 293 g/mol. The number of carbonyl (C=O) groups is 2. The van der Waals surface area contributed by atoms with Crippen molar-refractivity contribution in [2.45, 2.75) is 46.7 Å². The number of carboxylic acids is 1. The van der Waals surface area contributed by atoms with Crippen LogP contribution in [0.25, 0.3) is 0 Å². The van der Waals surface area contributed by atoms with Crippen LogP contribution in [0.1, 0.15) is 37.2 Å². The molecule has 3 atom stereocenters. The van der Waals surface area contributed by atoms with Crippen LogP contribution in [0.5, 0.6) is 0 Å². The summed E-state index contributed by atoms with van der Waals surface area (Å²) in [7, 11) is 1.87. The van der Waals surface area contributed by atoms with Crippen molar-refractivity contribution in [3.63, 3.8) is 0 Å². The number of likely N-dealkylation sites (tertiary alicyclic amines) is 1. The van der Waals surface area contributed by atoms with Crippen LogP contribution in [0.4, 0.5) is 0 Å². The van der Waals surface area contributed by atoms with Gasteiger partial charge >= 0.3 is 5.97 Å². The van der Waals surface area contributed by atoms with Crippen molar-refractivity contribution < 1.29 is 14.7 Å². The van der Waals surface area contributed by atoms with Crippen molar-refractivity contribution in [3.05, 3.63) is 17.0 Å². The Morgan fingerprint density at radius 2 is 2.00 bits per heavy atom. The molecule has 2 heterocycles. The molecule has 1 aromatic rings. The second-order valence-corrected chi connectivity index (χ2v) is 6.08. The normalized spacial score (nSPS) is 26.2. The van der Waals surface area contributed by atoms with Crippen molar-refractivity contribution in [2.24, 2.45) is 18.9 Å². The Bertz CT molecular complexity index is 579. The van der Waals surface area contributed by atoms with Crippen molar-refractivity contribution in [2.75, 3.05) is 0 Å². The van der Waals surface area contributed by atoms with E-state index in [4.69, 9.17) is 0 Å². The largest absolute Gasteiger partial charge is 0.481 e. The summed E-state index contributed by atoms with van der Waals surface area (Å²) in [6.45, 7) is 7.98. The maximum Gasteiger partial charge on any atom is 0.308 e. The highest BCUT2D eigenvalue weighted by molar-refractivity contribution is 5.81. The smallest absolute Gasteiger partial charge is 0.308 e. The molecule has 1 aliphatic rings. The Kier molecular flexibility index (Phi) is 4.07. The van der Waals surface area contributed by atoms with Crippen LogP contribution in [0.3, 0.4) is 0 Å². The van der Waals surface area contributed by atoms with E-state index in [-0.39, 0.29) is 17.9 Å². The molecule has 1 aromatic heterocycles. The minimum atomic E-state index is -0.827. The fourth-order valence-corrected chi connectivity index (χ4v) is 3.31. The molecule has 2 rings (SSSR count). The molecule has 0 aliphatic carbocycles. The number of aliphatic carboxylic acids is 1. The summed E-state index contributed by atoms with van der Waals surface area (Å²) in [4.78, 5) is 25.5. The van der Waals surface area contributed by atoms with E-state index in [0.717, 1.165) is 17.0 Å². The van der Waals surface area contributed by atoms with Crippen LogP contribution in [0.15, 0.2) is 0 Å². The van der Waals surface area contributed by atoms with Gasteiger partial charge in [0.25, 0.3) is 0 Å². The van der Waals surface area contributed by atoms with Gasteiger partial charge < -0.3 is 10.0 Å². The van der Waals surface area contributed by atoms with Crippen molar-refractivity contribution in [3.8, 4) is 0 Å². The Labute approximate surface area is 124 Å². The first-order valence-electron chi connectivity index (χ1n) is 7.25. The van der Waals surface area contributed by atoms with Gasteiger partial charge in [0, 0.05) is 37.3 Å². The van der Waals surface area contributed by atoms with E-state index >= 15 is 0 Å². The molecule has 0 radical (unpaired) electrons. The molecule has 0 bridgehead atoms. The van der Waals surface area contributed by atoms with E-state index < -0.39 is 11.9 Å². The number of hydrogen-bond acceptors (Lipinski definition) is 3. The average Bonchev–Trinajstić information content (AvgIpc) is 2.59. The highest BCUT2D eigenvalue weighted by Crippen LogP contribution is 2.31. The maximum absolute atomic E-state index is 12.3.